The van der Waals surface area contributed by atoms with Crippen molar-refractivity contribution in [1.82, 2.24) is 14.5 Å². The number of amides is 1. The van der Waals surface area contributed by atoms with Gasteiger partial charge in [-0.25, -0.2) is 0 Å². The van der Waals surface area contributed by atoms with Crippen LogP contribution in [0.2, 0.25) is 5.02 Å². The molecule has 2 N–H and O–H groups in total. The first-order valence-corrected chi connectivity index (χ1v) is 12.6. The number of benzene rings is 1. The second kappa shape index (κ2) is 8.34. The zero-order chi connectivity index (χ0) is 22.5. The molecule has 1 aromatic carbocycles. The fourth-order valence-electron chi connectivity index (χ4n) is 5.27. The van der Waals surface area contributed by atoms with Crippen molar-refractivity contribution in [3.05, 3.63) is 57.5 Å². The van der Waals surface area contributed by atoms with Crippen LogP contribution in [0.5, 0.6) is 0 Å². The van der Waals surface area contributed by atoms with Crippen molar-refractivity contribution in [1.29, 1.82) is 0 Å². The lowest BCUT2D eigenvalue weighted by atomic mass is 9.98. The van der Waals surface area contributed by atoms with Crippen LogP contribution < -0.4 is 16.2 Å². The van der Waals surface area contributed by atoms with Gasteiger partial charge < -0.3 is 20.1 Å². The second-order valence-electron chi connectivity index (χ2n) is 9.00. The number of nitrogens with one attached hydrogen (secondary N) is 2. The average molecular weight is 482 g/mol. The predicted octanol–water partition coefficient (Wildman–Crippen LogP) is 3.77. The van der Waals surface area contributed by atoms with E-state index in [1.165, 1.54) is 0 Å². The van der Waals surface area contributed by atoms with Crippen molar-refractivity contribution in [3.8, 4) is 0 Å². The van der Waals surface area contributed by atoms with Crippen LogP contribution in [0.4, 0.5) is 11.4 Å². The third-order valence-corrected chi connectivity index (χ3v) is 8.23. The Balaban J connectivity index is 1.11. The van der Waals surface area contributed by atoms with Crippen LogP contribution in [0.1, 0.15) is 24.3 Å². The summed E-state index contributed by atoms with van der Waals surface area (Å²) in [4.78, 5) is 32.1. The van der Waals surface area contributed by atoms with Gasteiger partial charge in [0, 0.05) is 66.5 Å². The van der Waals surface area contributed by atoms with Gasteiger partial charge in [-0.05, 0) is 37.1 Å². The molecule has 33 heavy (non-hydrogen) atoms. The Labute approximate surface area is 200 Å². The van der Waals surface area contributed by atoms with E-state index in [4.69, 9.17) is 11.6 Å². The molecule has 170 valence electrons. The number of hydrogen-bond donors (Lipinski definition) is 2. The van der Waals surface area contributed by atoms with E-state index in [2.05, 4.69) is 32.7 Å². The molecule has 3 aliphatic rings. The summed E-state index contributed by atoms with van der Waals surface area (Å²) >= 11 is 8.12. The minimum absolute atomic E-state index is 0.0119. The van der Waals surface area contributed by atoms with Gasteiger partial charge in [0.25, 0.3) is 5.56 Å². The van der Waals surface area contributed by atoms with Crippen LogP contribution in [0, 0.1) is 0 Å². The molecule has 3 aliphatic heterocycles. The van der Waals surface area contributed by atoms with Gasteiger partial charge in [0.2, 0.25) is 5.91 Å². The summed E-state index contributed by atoms with van der Waals surface area (Å²) in [5, 5.41) is 7.26. The number of likely N-dealkylation sites (tertiary alicyclic amines) is 1. The van der Waals surface area contributed by atoms with Crippen molar-refractivity contribution in [2.75, 3.05) is 36.0 Å². The summed E-state index contributed by atoms with van der Waals surface area (Å²) in [5.41, 5.74) is 4.75. The predicted molar refractivity (Wildman–Crippen MR) is 133 cm³/mol. The fraction of sp³-hybridized carbons (Fsp3) is 0.375. The van der Waals surface area contributed by atoms with E-state index in [1.54, 1.807) is 30.1 Å². The van der Waals surface area contributed by atoms with E-state index in [0.717, 1.165) is 65.3 Å². The topological polar surface area (TPSA) is 79.3 Å². The molecule has 1 fully saturated rings. The number of anilines is 2. The Bertz CT molecular complexity index is 1320. The van der Waals surface area contributed by atoms with Gasteiger partial charge in [-0.15, -0.1) is 11.8 Å². The third-order valence-electron chi connectivity index (χ3n) is 6.85. The molecule has 1 amide bonds. The summed E-state index contributed by atoms with van der Waals surface area (Å²) in [6, 6.07) is 9.99. The van der Waals surface area contributed by atoms with Crippen molar-refractivity contribution in [2.45, 2.75) is 36.2 Å². The zero-order valence-electron chi connectivity index (χ0n) is 18.0. The number of aromatic nitrogens is 2. The highest BCUT2D eigenvalue weighted by molar-refractivity contribution is 8.00. The van der Waals surface area contributed by atoms with Gasteiger partial charge in [-0.1, -0.05) is 11.6 Å². The monoisotopic (exact) mass is 481 g/mol. The number of rotatable bonds is 4. The smallest absolute Gasteiger partial charge is 0.251 e. The quantitative estimate of drug-likeness (QED) is 0.590. The number of fused-ring (bicyclic) bond motifs is 1. The molecule has 0 radical (unpaired) electrons. The van der Waals surface area contributed by atoms with E-state index < -0.39 is 0 Å². The minimum Gasteiger partial charge on any atom is -0.382 e. The van der Waals surface area contributed by atoms with E-state index in [-0.39, 0.29) is 17.4 Å². The average Bonchev–Trinajstić information content (AvgIpc) is 3.20. The van der Waals surface area contributed by atoms with Crippen molar-refractivity contribution in [3.63, 3.8) is 0 Å². The molecule has 0 saturated carbocycles. The molecule has 1 unspecified atom stereocenters. The number of pyridine rings is 2. The SMILES string of the molecule is O=C1CSc2ccc(NC3CCN(CC4Cn5c(=O)ccc6ncc(Cl)c4c65)CC3)cc2N1. The normalized spacial score (nSPS) is 20.6. The first-order chi connectivity index (χ1) is 16.0. The molecule has 6 rings (SSSR count). The van der Waals surface area contributed by atoms with E-state index >= 15 is 0 Å². The Hall–Kier alpha value is -2.55. The van der Waals surface area contributed by atoms with Crippen LogP contribution in [0.25, 0.3) is 11.0 Å². The maximum Gasteiger partial charge on any atom is 0.251 e. The van der Waals surface area contributed by atoms with E-state index in [1.807, 2.05) is 10.6 Å². The number of piperidine rings is 1. The Kier molecular flexibility index (Phi) is 5.31. The first kappa shape index (κ1) is 21.0. The molecule has 1 saturated heterocycles. The summed E-state index contributed by atoms with van der Waals surface area (Å²) < 4.78 is 1.83. The number of carbonyl (C=O) groups is 1. The lowest BCUT2D eigenvalue weighted by molar-refractivity contribution is -0.113. The molecule has 2 aromatic heterocycles. The molecule has 5 heterocycles. The van der Waals surface area contributed by atoms with Crippen LogP contribution in [-0.4, -0.2) is 51.8 Å². The van der Waals surface area contributed by atoms with Crippen LogP contribution in [0.15, 0.2) is 46.2 Å². The molecule has 0 aliphatic carbocycles. The van der Waals surface area contributed by atoms with Crippen LogP contribution >= 0.6 is 23.4 Å². The van der Waals surface area contributed by atoms with Crippen LogP contribution in [0.3, 0.4) is 0 Å². The Morgan fingerprint density at radius 3 is 2.88 bits per heavy atom. The second-order valence-corrected chi connectivity index (χ2v) is 10.4. The molecular weight excluding hydrogens is 458 g/mol. The van der Waals surface area contributed by atoms with Crippen molar-refractivity contribution in [2.24, 2.45) is 0 Å². The summed E-state index contributed by atoms with van der Waals surface area (Å²) in [6.45, 7) is 3.52. The molecular formula is C24H24ClN5O2S. The summed E-state index contributed by atoms with van der Waals surface area (Å²) in [6.07, 6.45) is 3.79. The maximum atomic E-state index is 12.4. The molecule has 1 atom stereocenters. The van der Waals surface area contributed by atoms with Crippen LogP contribution in [-0.2, 0) is 11.3 Å². The molecule has 7 nitrogen and oxygen atoms in total. The minimum atomic E-state index is 0.0119. The van der Waals surface area contributed by atoms with Gasteiger partial charge in [0.05, 0.1) is 27.5 Å². The van der Waals surface area contributed by atoms with E-state index in [0.29, 0.717) is 23.4 Å². The fourth-order valence-corrected chi connectivity index (χ4v) is 6.36. The zero-order valence-corrected chi connectivity index (χ0v) is 19.6. The molecule has 9 heteroatoms. The Morgan fingerprint density at radius 2 is 2.03 bits per heavy atom. The van der Waals surface area contributed by atoms with E-state index in [9.17, 15) is 9.59 Å². The number of carbonyl (C=O) groups excluding carboxylic acids is 1. The highest BCUT2D eigenvalue weighted by Crippen LogP contribution is 2.38. The number of halogens is 1. The van der Waals surface area contributed by atoms with Gasteiger partial charge >= 0.3 is 0 Å². The van der Waals surface area contributed by atoms with Gasteiger partial charge in [0.15, 0.2) is 0 Å². The number of thioether (sulfide) groups is 1. The standard InChI is InChI=1S/C24H24ClN5O2S/c25-17-10-26-18-2-4-22(32)30-12-14(23(17)24(18)30)11-29-7-5-15(6-8-29)27-16-1-3-20-19(9-16)28-21(31)13-33-20/h1-4,9-10,14-15,27H,5-8,11-13H2,(H,28,31). The Morgan fingerprint density at radius 1 is 1.18 bits per heavy atom. The highest BCUT2D eigenvalue weighted by atomic mass is 35.5. The molecule has 0 spiro atoms. The lowest BCUT2D eigenvalue weighted by Crippen LogP contribution is -2.41. The summed E-state index contributed by atoms with van der Waals surface area (Å²) in [5.74, 6) is 0.736. The third kappa shape index (κ3) is 3.90. The number of nitrogens with zero attached hydrogens (tertiary/aromatic N) is 3. The van der Waals surface area contributed by atoms with Crippen molar-refractivity contribution < 1.29 is 4.79 Å². The highest BCUT2D eigenvalue weighted by Gasteiger charge is 2.31. The molecule has 3 aromatic rings. The number of hydrogen-bond acceptors (Lipinski definition) is 6. The van der Waals surface area contributed by atoms with Gasteiger partial charge in [0.1, 0.15) is 0 Å². The summed E-state index contributed by atoms with van der Waals surface area (Å²) in [7, 11) is 0. The first-order valence-electron chi connectivity index (χ1n) is 11.3. The largest absolute Gasteiger partial charge is 0.382 e. The molecule has 0 bridgehead atoms. The van der Waals surface area contributed by atoms with Gasteiger partial charge in [-0.3, -0.25) is 14.6 Å². The van der Waals surface area contributed by atoms with Crippen molar-refractivity contribution >= 4 is 51.7 Å². The van der Waals surface area contributed by atoms with Gasteiger partial charge in [-0.2, -0.15) is 0 Å². The lowest BCUT2D eigenvalue weighted by Gasteiger charge is -2.34. The maximum absolute atomic E-state index is 12.4.